The van der Waals surface area contributed by atoms with Crippen LogP contribution in [0.15, 0.2) is 18.2 Å². The lowest BCUT2D eigenvalue weighted by atomic mass is 9.91. The molecule has 1 heterocycles. The Balaban J connectivity index is 1.87. The van der Waals surface area contributed by atoms with Gasteiger partial charge in [0.05, 0.1) is 20.1 Å². The number of benzene rings is 1. The van der Waals surface area contributed by atoms with E-state index in [1.807, 2.05) is 20.8 Å². The predicted octanol–water partition coefficient (Wildman–Crippen LogP) is 2.86. The van der Waals surface area contributed by atoms with Crippen LogP contribution in [0.4, 0.5) is 5.69 Å². The van der Waals surface area contributed by atoms with Gasteiger partial charge in [0.2, 0.25) is 5.91 Å². The molecule has 0 saturated carbocycles. The molecule has 1 fully saturated rings. The lowest BCUT2D eigenvalue weighted by Crippen LogP contribution is -2.45. The van der Waals surface area contributed by atoms with Crippen LogP contribution in [-0.2, 0) is 19.1 Å². The second kappa shape index (κ2) is 9.82. The van der Waals surface area contributed by atoms with E-state index in [9.17, 15) is 14.4 Å². The SMILES string of the molecule is COc1ccc(NC(=O)C(C)OC(=O)C2CCN(C(=O)C(C)(C)C)CC2)cc1OC. The van der Waals surface area contributed by atoms with Crippen LogP contribution >= 0.6 is 0 Å². The van der Waals surface area contributed by atoms with E-state index in [-0.39, 0.29) is 11.8 Å². The Kier molecular flexibility index (Phi) is 7.70. The number of amides is 2. The zero-order valence-corrected chi connectivity index (χ0v) is 18.6. The number of hydrogen-bond donors (Lipinski definition) is 1. The highest BCUT2D eigenvalue weighted by atomic mass is 16.5. The van der Waals surface area contributed by atoms with Crippen molar-refractivity contribution < 1.29 is 28.6 Å². The lowest BCUT2D eigenvalue weighted by molar-refractivity contribution is -0.160. The highest BCUT2D eigenvalue weighted by molar-refractivity contribution is 5.95. The average molecular weight is 421 g/mol. The maximum atomic E-state index is 12.5. The van der Waals surface area contributed by atoms with Crippen LogP contribution in [0.5, 0.6) is 11.5 Å². The second-order valence-electron chi connectivity index (χ2n) is 8.45. The number of rotatable bonds is 6. The van der Waals surface area contributed by atoms with Crippen molar-refractivity contribution in [2.24, 2.45) is 11.3 Å². The molecule has 8 nitrogen and oxygen atoms in total. The summed E-state index contributed by atoms with van der Waals surface area (Å²) in [7, 11) is 3.04. The van der Waals surface area contributed by atoms with Gasteiger partial charge in [0, 0.05) is 30.3 Å². The van der Waals surface area contributed by atoms with E-state index in [0.29, 0.717) is 43.1 Å². The summed E-state index contributed by atoms with van der Waals surface area (Å²) in [6.45, 7) is 8.22. The van der Waals surface area contributed by atoms with Crippen molar-refractivity contribution in [2.75, 3.05) is 32.6 Å². The summed E-state index contributed by atoms with van der Waals surface area (Å²) in [6.07, 6.45) is 0.120. The zero-order chi connectivity index (χ0) is 22.5. The number of carbonyl (C=O) groups is 3. The fourth-order valence-corrected chi connectivity index (χ4v) is 3.27. The van der Waals surface area contributed by atoms with Crippen molar-refractivity contribution in [1.29, 1.82) is 0 Å². The molecular weight excluding hydrogens is 388 g/mol. The molecule has 0 aliphatic carbocycles. The van der Waals surface area contributed by atoms with Gasteiger partial charge in [-0.1, -0.05) is 20.8 Å². The van der Waals surface area contributed by atoms with E-state index in [0.717, 1.165) is 0 Å². The number of likely N-dealkylation sites (tertiary alicyclic amines) is 1. The van der Waals surface area contributed by atoms with E-state index in [1.165, 1.54) is 21.1 Å². The smallest absolute Gasteiger partial charge is 0.309 e. The lowest BCUT2D eigenvalue weighted by Gasteiger charge is -2.35. The number of methoxy groups -OCH3 is 2. The number of carbonyl (C=O) groups excluding carboxylic acids is 3. The van der Waals surface area contributed by atoms with Crippen LogP contribution < -0.4 is 14.8 Å². The van der Waals surface area contributed by atoms with Crippen LogP contribution in [-0.4, -0.2) is 56.1 Å². The first kappa shape index (κ1) is 23.5. The van der Waals surface area contributed by atoms with Crippen molar-refractivity contribution in [3.8, 4) is 11.5 Å². The van der Waals surface area contributed by atoms with Gasteiger partial charge < -0.3 is 24.4 Å². The number of nitrogens with one attached hydrogen (secondary N) is 1. The maximum absolute atomic E-state index is 12.5. The quantitative estimate of drug-likeness (QED) is 0.711. The Morgan fingerprint density at radius 3 is 2.20 bits per heavy atom. The number of hydrogen-bond acceptors (Lipinski definition) is 6. The van der Waals surface area contributed by atoms with Gasteiger partial charge in [0.1, 0.15) is 0 Å². The molecule has 1 atom stereocenters. The normalized spacial score (nSPS) is 15.9. The molecule has 1 saturated heterocycles. The average Bonchev–Trinajstić information content (AvgIpc) is 2.72. The third kappa shape index (κ3) is 5.87. The Morgan fingerprint density at radius 1 is 1.07 bits per heavy atom. The van der Waals surface area contributed by atoms with Crippen LogP contribution in [0.2, 0.25) is 0 Å². The summed E-state index contributed by atoms with van der Waals surface area (Å²) in [5.41, 5.74) is 0.0685. The summed E-state index contributed by atoms with van der Waals surface area (Å²) < 4.78 is 15.8. The van der Waals surface area contributed by atoms with E-state index >= 15 is 0 Å². The number of nitrogens with zero attached hydrogens (tertiary/aromatic N) is 1. The zero-order valence-electron chi connectivity index (χ0n) is 18.6. The van der Waals surface area contributed by atoms with Crippen molar-refractivity contribution >= 4 is 23.5 Å². The van der Waals surface area contributed by atoms with Crippen molar-refractivity contribution in [1.82, 2.24) is 4.90 Å². The fraction of sp³-hybridized carbons (Fsp3) is 0.591. The molecule has 1 aliphatic heterocycles. The highest BCUT2D eigenvalue weighted by Crippen LogP contribution is 2.30. The molecule has 2 amide bonds. The molecule has 30 heavy (non-hydrogen) atoms. The Bertz CT molecular complexity index is 778. The number of anilines is 1. The first-order valence-electron chi connectivity index (χ1n) is 10.1. The van der Waals surface area contributed by atoms with Gasteiger partial charge >= 0.3 is 5.97 Å². The van der Waals surface area contributed by atoms with Crippen molar-refractivity contribution in [2.45, 2.75) is 46.6 Å². The highest BCUT2D eigenvalue weighted by Gasteiger charge is 2.34. The van der Waals surface area contributed by atoms with Gasteiger partial charge in [-0.3, -0.25) is 14.4 Å². The minimum absolute atomic E-state index is 0.0805. The van der Waals surface area contributed by atoms with Crippen LogP contribution in [0.3, 0.4) is 0 Å². The van der Waals surface area contributed by atoms with E-state index < -0.39 is 23.4 Å². The third-order valence-electron chi connectivity index (χ3n) is 5.07. The first-order chi connectivity index (χ1) is 14.1. The van der Waals surface area contributed by atoms with E-state index in [1.54, 1.807) is 23.1 Å². The van der Waals surface area contributed by atoms with Gasteiger partial charge in [-0.25, -0.2) is 0 Å². The van der Waals surface area contributed by atoms with Crippen LogP contribution in [0, 0.1) is 11.3 Å². The Labute approximate surface area is 177 Å². The topological polar surface area (TPSA) is 94.2 Å². The molecule has 1 aromatic carbocycles. The number of ether oxygens (including phenoxy) is 3. The molecule has 2 rings (SSSR count). The summed E-state index contributed by atoms with van der Waals surface area (Å²) in [6, 6.07) is 4.99. The Hall–Kier alpha value is -2.77. The van der Waals surface area contributed by atoms with Crippen LogP contribution in [0.1, 0.15) is 40.5 Å². The molecule has 8 heteroatoms. The predicted molar refractivity (Wildman–Crippen MR) is 112 cm³/mol. The summed E-state index contributed by atoms with van der Waals surface area (Å²) in [5, 5.41) is 2.71. The Morgan fingerprint density at radius 2 is 1.67 bits per heavy atom. The molecule has 1 unspecified atom stereocenters. The summed E-state index contributed by atoms with van der Waals surface area (Å²) >= 11 is 0. The summed E-state index contributed by atoms with van der Waals surface area (Å²) in [5.74, 6) is -0.0474. The molecule has 166 valence electrons. The van der Waals surface area contributed by atoms with Gasteiger partial charge in [-0.05, 0) is 31.9 Å². The molecular formula is C22H32N2O6. The minimum Gasteiger partial charge on any atom is -0.493 e. The molecule has 0 radical (unpaired) electrons. The van der Waals surface area contributed by atoms with Crippen molar-refractivity contribution in [3.63, 3.8) is 0 Å². The molecule has 1 aromatic rings. The first-order valence-corrected chi connectivity index (χ1v) is 10.1. The van der Waals surface area contributed by atoms with Gasteiger partial charge in [-0.2, -0.15) is 0 Å². The molecule has 1 N–H and O–H groups in total. The standard InChI is InChI=1S/C22H32N2O6/c1-14(19(25)23-16-7-8-17(28-5)18(13-16)29-6)30-20(26)15-9-11-24(12-10-15)21(27)22(2,3)4/h7-8,13-15H,9-12H2,1-6H3,(H,23,25). The van der Waals surface area contributed by atoms with Crippen LogP contribution in [0.25, 0.3) is 0 Å². The number of piperidine rings is 1. The summed E-state index contributed by atoms with van der Waals surface area (Å²) in [4.78, 5) is 39.1. The maximum Gasteiger partial charge on any atom is 0.309 e. The monoisotopic (exact) mass is 420 g/mol. The number of esters is 1. The molecule has 0 bridgehead atoms. The molecule has 0 aromatic heterocycles. The van der Waals surface area contributed by atoms with Gasteiger partial charge in [0.15, 0.2) is 17.6 Å². The van der Waals surface area contributed by atoms with Crippen molar-refractivity contribution in [3.05, 3.63) is 18.2 Å². The minimum atomic E-state index is -0.945. The van der Waals surface area contributed by atoms with E-state index in [4.69, 9.17) is 14.2 Å². The van der Waals surface area contributed by atoms with Gasteiger partial charge in [0.25, 0.3) is 5.91 Å². The molecule has 1 aliphatic rings. The van der Waals surface area contributed by atoms with Gasteiger partial charge in [-0.15, -0.1) is 0 Å². The largest absolute Gasteiger partial charge is 0.493 e. The molecule has 0 spiro atoms. The second-order valence-corrected chi connectivity index (χ2v) is 8.45. The van der Waals surface area contributed by atoms with E-state index in [2.05, 4.69) is 5.32 Å². The third-order valence-corrected chi connectivity index (χ3v) is 5.07. The fourth-order valence-electron chi connectivity index (χ4n) is 3.27.